The molecule has 0 spiro atoms. The molecular formula is C17H24N2O5S. The molecule has 0 heterocycles. The predicted molar refractivity (Wildman–Crippen MR) is 92.6 cm³/mol. The molecule has 0 bridgehead atoms. The number of nitrogens with one attached hydrogen (secondary N) is 1. The van der Waals surface area contributed by atoms with Crippen LogP contribution in [-0.4, -0.2) is 50.8 Å². The van der Waals surface area contributed by atoms with Gasteiger partial charge in [-0.15, -0.1) is 0 Å². The summed E-state index contributed by atoms with van der Waals surface area (Å²) in [5.41, 5.74) is 0.193. The van der Waals surface area contributed by atoms with Crippen LogP contribution in [-0.2, 0) is 19.6 Å². The van der Waals surface area contributed by atoms with Gasteiger partial charge in [-0.2, -0.15) is 0 Å². The number of esters is 1. The average molecular weight is 368 g/mol. The fourth-order valence-corrected chi connectivity index (χ4v) is 3.55. The quantitative estimate of drug-likeness (QED) is 0.769. The highest BCUT2D eigenvalue weighted by molar-refractivity contribution is 7.89. The zero-order chi connectivity index (χ0) is 18.6. The maximum atomic E-state index is 12.1. The van der Waals surface area contributed by atoms with Gasteiger partial charge in [-0.05, 0) is 44.0 Å². The van der Waals surface area contributed by atoms with E-state index in [2.05, 4.69) is 5.32 Å². The Bertz CT molecular complexity index is 722. The summed E-state index contributed by atoms with van der Waals surface area (Å²) in [5, 5.41) is 2.88. The minimum atomic E-state index is -3.55. The molecule has 0 aromatic heterocycles. The first-order valence-corrected chi connectivity index (χ1v) is 9.70. The van der Waals surface area contributed by atoms with E-state index in [9.17, 15) is 18.0 Å². The second-order valence-corrected chi connectivity index (χ2v) is 8.50. The van der Waals surface area contributed by atoms with E-state index < -0.39 is 22.1 Å². The summed E-state index contributed by atoms with van der Waals surface area (Å²) in [6.45, 7) is 1.52. The smallest absolute Gasteiger partial charge is 0.338 e. The van der Waals surface area contributed by atoms with Crippen LogP contribution >= 0.6 is 0 Å². The minimum Gasteiger partial charge on any atom is -0.449 e. The third kappa shape index (κ3) is 4.79. The second-order valence-electron chi connectivity index (χ2n) is 6.35. The normalized spacial score (nSPS) is 16.6. The van der Waals surface area contributed by atoms with Crippen LogP contribution in [0.4, 0.5) is 0 Å². The molecule has 1 atom stereocenters. The molecule has 0 aliphatic heterocycles. The van der Waals surface area contributed by atoms with E-state index in [-0.39, 0.29) is 22.4 Å². The maximum absolute atomic E-state index is 12.1. The number of carbonyl (C=O) groups excluding carboxylic acids is 2. The Morgan fingerprint density at radius 1 is 1.16 bits per heavy atom. The van der Waals surface area contributed by atoms with Crippen LogP contribution in [0.15, 0.2) is 29.2 Å². The zero-order valence-electron chi connectivity index (χ0n) is 14.7. The van der Waals surface area contributed by atoms with Crippen molar-refractivity contribution in [1.82, 2.24) is 9.62 Å². The van der Waals surface area contributed by atoms with Gasteiger partial charge in [0.25, 0.3) is 5.91 Å². The summed E-state index contributed by atoms with van der Waals surface area (Å²) in [6.07, 6.45) is 3.20. The molecule has 1 aliphatic carbocycles. The van der Waals surface area contributed by atoms with Gasteiger partial charge < -0.3 is 10.1 Å². The molecule has 138 valence electrons. The van der Waals surface area contributed by atoms with Crippen molar-refractivity contribution in [3.8, 4) is 0 Å². The average Bonchev–Trinajstić information content (AvgIpc) is 3.07. The number of hydrogen-bond donors (Lipinski definition) is 1. The lowest BCUT2D eigenvalue weighted by atomic mass is 10.2. The van der Waals surface area contributed by atoms with Gasteiger partial charge in [-0.1, -0.05) is 12.8 Å². The number of sulfonamides is 1. The standard InChI is InChI=1S/C17H24N2O5S/c1-12(16(20)18-14-6-4-5-7-14)24-17(21)13-8-10-15(11-9-13)25(22,23)19(2)3/h8-12,14H,4-7H2,1-3H3,(H,18,20)/t12-/m0/s1. The molecule has 1 amide bonds. The molecule has 7 nitrogen and oxygen atoms in total. The van der Waals surface area contributed by atoms with Gasteiger partial charge in [-0.3, -0.25) is 4.79 Å². The molecule has 0 unspecified atom stereocenters. The fourth-order valence-electron chi connectivity index (χ4n) is 2.64. The van der Waals surface area contributed by atoms with Gasteiger partial charge in [0.1, 0.15) is 0 Å². The molecule has 8 heteroatoms. The van der Waals surface area contributed by atoms with Crippen LogP contribution in [0.2, 0.25) is 0 Å². The summed E-state index contributed by atoms with van der Waals surface area (Å²) < 4.78 is 30.3. The highest BCUT2D eigenvalue weighted by Gasteiger charge is 2.24. The molecule has 2 rings (SSSR count). The highest BCUT2D eigenvalue weighted by Crippen LogP contribution is 2.18. The van der Waals surface area contributed by atoms with Gasteiger partial charge in [-0.25, -0.2) is 17.5 Å². The van der Waals surface area contributed by atoms with Crippen LogP contribution in [0, 0.1) is 0 Å². The lowest BCUT2D eigenvalue weighted by Crippen LogP contribution is -2.40. The second kappa shape index (κ2) is 7.97. The van der Waals surface area contributed by atoms with Crippen molar-refractivity contribution in [1.29, 1.82) is 0 Å². The van der Waals surface area contributed by atoms with E-state index >= 15 is 0 Å². The number of nitrogens with zero attached hydrogens (tertiary/aromatic N) is 1. The van der Waals surface area contributed by atoms with Gasteiger partial charge in [0.15, 0.2) is 6.10 Å². The lowest BCUT2D eigenvalue weighted by Gasteiger charge is -2.17. The Hall–Kier alpha value is -1.93. The van der Waals surface area contributed by atoms with Crippen LogP contribution in [0.3, 0.4) is 0 Å². The van der Waals surface area contributed by atoms with E-state index in [1.807, 2.05) is 0 Å². The Kier molecular flexibility index (Phi) is 6.18. The van der Waals surface area contributed by atoms with Crippen LogP contribution in [0.25, 0.3) is 0 Å². The largest absolute Gasteiger partial charge is 0.449 e. The fraction of sp³-hybridized carbons (Fsp3) is 0.529. The van der Waals surface area contributed by atoms with E-state index in [0.29, 0.717) is 0 Å². The third-order valence-electron chi connectivity index (χ3n) is 4.22. The number of ether oxygens (including phenoxy) is 1. The molecule has 1 aromatic carbocycles. The number of benzene rings is 1. The molecule has 1 fully saturated rings. The molecule has 1 aromatic rings. The summed E-state index contributed by atoms with van der Waals surface area (Å²) in [4.78, 5) is 24.3. The molecular weight excluding hydrogens is 344 g/mol. The molecule has 0 radical (unpaired) electrons. The molecule has 0 saturated heterocycles. The van der Waals surface area contributed by atoms with Gasteiger partial charge in [0.2, 0.25) is 10.0 Å². The molecule has 1 N–H and O–H groups in total. The van der Waals surface area contributed by atoms with Crippen molar-refractivity contribution in [3.63, 3.8) is 0 Å². The van der Waals surface area contributed by atoms with Crippen molar-refractivity contribution in [2.24, 2.45) is 0 Å². The van der Waals surface area contributed by atoms with Crippen LogP contribution < -0.4 is 5.32 Å². The third-order valence-corrected chi connectivity index (χ3v) is 6.05. The van der Waals surface area contributed by atoms with Crippen molar-refractivity contribution in [2.75, 3.05) is 14.1 Å². The molecule has 1 aliphatic rings. The van der Waals surface area contributed by atoms with E-state index in [0.717, 1.165) is 30.0 Å². The Balaban J connectivity index is 1.97. The first-order chi connectivity index (χ1) is 11.7. The summed E-state index contributed by atoms with van der Waals surface area (Å²) in [6, 6.07) is 5.59. The summed E-state index contributed by atoms with van der Waals surface area (Å²) in [5.74, 6) is -0.977. The van der Waals surface area contributed by atoms with Crippen LogP contribution in [0.5, 0.6) is 0 Å². The Morgan fingerprint density at radius 3 is 2.24 bits per heavy atom. The molecule has 25 heavy (non-hydrogen) atoms. The Morgan fingerprint density at radius 2 is 1.72 bits per heavy atom. The zero-order valence-corrected chi connectivity index (χ0v) is 15.5. The SMILES string of the molecule is C[C@H](OC(=O)c1ccc(S(=O)(=O)N(C)C)cc1)C(=O)NC1CCCC1. The predicted octanol–water partition coefficient (Wildman–Crippen LogP) is 1.54. The first kappa shape index (κ1) is 19.4. The van der Waals surface area contributed by atoms with E-state index in [1.165, 1.54) is 45.3 Å². The van der Waals surface area contributed by atoms with Gasteiger partial charge in [0, 0.05) is 20.1 Å². The van der Waals surface area contributed by atoms with Crippen molar-refractivity contribution in [3.05, 3.63) is 29.8 Å². The summed E-state index contributed by atoms with van der Waals surface area (Å²) in [7, 11) is -0.687. The van der Waals surface area contributed by atoms with Crippen molar-refractivity contribution >= 4 is 21.9 Å². The molecule has 1 saturated carbocycles. The van der Waals surface area contributed by atoms with Crippen molar-refractivity contribution < 1.29 is 22.7 Å². The van der Waals surface area contributed by atoms with Crippen molar-refractivity contribution in [2.45, 2.75) is 49.6 Å². The minimum absolute atomic E-state index is 0.0843. The number of hydrogen-bond acceptors (Lipinski definition) is 5. The van der Waals surface area contributed by atoms with Crippen LogP contribution in [0.1, 0.15) is 43.0 Å². The van der Waals surface area contributed by atoms with E-state index in [1.54, 1.807) is 0 Å². The van der Waals surface area contributed by atoms with Gasteiger partial charge >= 0.3 is 5.97 Å². The first-order valence-electron chi connectivity index (χ1n) is 8.26. The number of carbonyl (C=O) groups is 2. The maximum Gasteiger partial charge on any atom is 0.338 e. The lowest BCUT2D eigenvalue weighted by molar-refractivity contribution is -0.129. The van der Waals surface area contributed by atoms with Gasteiger partial charge in [0.05, 0.1) is 10.5 Å². The monoisotopic (exact) mass is 368 g/mol. The van der Waals surface area contributed by atoms with E-state index in [4.69, 9.17) is 4.74 Å². The summed E-state index contributed by atoms with van der Waals surface area (Å²) >= 11 is 0. The number of rotatable bonds is 6. The number of amides is 1. The highest BCUT2D eigenvalue weighted by atomic mass is 32.2. The Labute approximate surface area is 148 Å². The topological polar surface area (TPSA) is 92.8 Å².